The second-order valence-corrected chi connectivity index (χ2v) is 7.15. The van der Waals surface area contributed by atoms with Crippen molar-refractivity contribution in [1.82, 2.24) is 20.4 Å². The Kier molecular flexibility index (Phi) is 6.27. The van der Waals surface area contributed by atoms with Crippen molar-refractivity contribution in [3.8, 4) is 0 Å². The Balaban J connectivity index is 1.58. The Bertz CT molecular complexity index is 945. The van der Waals surface area contributed by atoms with Gasteiger partial charge in [0.05, 0.1) is 5.56 Å². The highest BCUT2D eigenvalue weighted by molar-refractivity contribution is 5.94. The summed E-state index contributed by atoms with van der Waals surface area (Å²) in [4.78, 5) is 25.8. The van der Waals surface area contributed by atoms with E-state index in [2.05, 4.69) is 10.2 Å². The van der Waals surface area contributed by atoms with E-state index in [4.69, 9.17) is 0 Å². The summed E-state index contributed by atoms with van der Waals surface area (Å²) < 4.78 is 75.2. The Morgan fingerprint density at radius 3 is 2.39 bits per heavy atom. The Hall–Kier alpha value is -3.05. The normalized spacial score (nSPS) is 15.7. The number of amides is 2. The van der Waals surface area contributed by atoms with E-state index in [-0.39, 0.29) is 30.3 Å². The first kappa shape index (κ1) is 22.6. The maximum absolute atomic E-state index is 12.9. The van der Waals surface area contributed by atoms with E-state index in [1.54, 1.807) is 5.32 Å². The summed E-state index contributed by atoms with van der Waals surface area (Å²) in [5.74, 6) is -1.60. The molecule has 1 aromatic carbocycles. The van der Waals surface area contributed by atoms with Crippen LogP contribution >= 0.6 is 0 Å². The summed E-state index contributed by atoms with van der Waals surface area (Å²) in [5.41, 5.74) is -0.592. The Morgan fingerprint density at radius 1 is 1.10 bits per heavy atom. The zero-order chi connectivity index (χ0) is 22.8. The first-order valence-corrected chi connectivity index (χ1v) is 9.31. The molecule has 12 heteroatoms. The van der Waals surface area contributed by atoms with Crippen molar-refractivity contribution in [1.29, 1.82) is 0 Å². The molecule has 2 N–H and O–H groups in total. The fourth-order valence-corrected chi connectivity index (χ4v) is 3.34. The van der Waals surface area contributed by atoms with Gasteiger partial charge in [-0.05, 0) is 37.1 Å². The van der Waals surface area contributed by atoms with Crippen LogP contribution in [0.25, 0.3) is 0 Å². The van der Waals surface area contributed by atoms with Gasteiger partial charge in [-0.2, -0.15) is 31.4 Å². The van der Waals surface area contributed by atoms with E-state index >= 15 is 0 Å². The molecular weight excluding hydrogens is 430 g/mol. The van der Waals surface area contributed by atoms with E-state index in [9.17, 15) is 35.9 Å². The number of nitrogens with one attached hydrogen (secondary N) is 2. The molecule has 0 unspecified atom stereocenters. The van der Waals surface area contributed by atoms with E-state index in [1.165, 1.54) is 23.1 Å². The lowest BCUT2D eigenvalue weighted by molar-refractivity contribution is -0.137. The van der Waals surface area contributed by atoms with Gasteiger partial charge in [-0.1, -0.05) is 6.07 Å². The molecule has 31 heavy (non-hydrogen) atoms. The molecule has 0 radical (unpaired) electrons. The third kappa shape index (κ3) is 5.76. The van der Waals surface area contributed by atoms with Crippen LogP contribution < -0.4 is 5.32 Å². The zero-order valence-electron chi connectivity index (χ0n) is 16.0. The van der Waals surface area contributed by atoms with Gasteiger partial charge in [-0.15, -0.1) is 0 Å². The SMILES string of the molecule is O=C(NCC(F)(F)F)c1cc(C2CCN(C(=O)c3cccc(C(F)(F)F)c3)CC2)[nH]n1. The quantitative estimate of drug-likeness (QED) is 0.700. The van der Waals surface area contributed by atoms with Crippen molar-refractivity contribution in [2.24, 2.45) is 0 Å². The second kappa shape index (κ2) is 8.60. The van der Waals surface area contributed by atoms with Gasteiger partial charge in [0.25, 0.3) is 11.8 Å². The number of rotatable bonds is 4. The molecule has 1 aliphatic heterocycles. The van der Waals surface area contributed by atoms with Crippen LogP contribution in [0.4, 0.5) is 26.3 Å². The summed E-state index contributed by atoms with van der Waals surface area (Å²) in [6, 6.07) is 5.57. The van der Waals surface area contributed by atoms with Crippen LogP contribution in [0.2, 0.25) is 0 Å². The van der Waals surface area contributed by atoms with E-state index < -0.39 is 36.3 Å². The van der Waals surface area contributed by atoms with Crippen LogP contribution in [-0.4, -0.2) is 52.7 Å². The summed E-state index contributed by atoms with van der Waals surface area (Å²) >= 11 is 0. The molecular formula is C19H18F6N4O2. The van der Waals surface area contributed by atoms with Gasteiger partial charge in [0, 0.05) is 30.3 Å². The monoisotopic (exact) mass is 448 g/mol. The molecule has 1 fully saturated rings. The minimum atomic E-state index is -4.55. The van der Waals surface area contributed by atoms with Gasteiger partial charge in [0.1, 0.15) is 12.2 Å². The van der Waals surface area contributed by atoms with Crippen LogP contribution in [-0.2, 0) is 6.18 Å². The summed E-state index contributed by atoms with van der Waals surface area (Å²) in [7, 11) is 0. The molecule has 2 aromatic rings. The number of nitrogens with zero attached hydrogens (tertiary/aromatic N) is 2. The van der Waals surface area contributed by atoms with Gasteiger partial charge < -0.3 is 10.2 Å². The molecule has 0 atom stereocenters. The molecule has 1 aromatic heterocycles. The highest BCUT2D eigenvalue weighted by atomic mass is 19.4. The number of halogens is 6. The number of benzene rings is 1. The van der Waals surface area contributed by atoms with Gasteiger partial charge in [0.15, 0.2) is 0 Å². The van der Waals surface area contributed by atoms with Crippen molar-refractivity contribution < 1.29 is 35.9 Å². The lowest BCUT2D eigenvalue weighted by atomic mass is 9.93. The third-order valence-corrected chi connectivity index (χ3v) is 4.94. The minimum absolute atomic E-state index is 0.0570. The van der Waals surface area contributed by atoms with Crippen LogP contribution in [0.15, 0.2) is 30.3 Å². The lowest BCUT2D eigenvalue weighted by Crippen LogP contribution is -2.38. The highest BCUT2D eigenvalue weighted by Crippen LogP contribution is 2.31. The molecule has 2 amide bonds. The number of aromatic amines is 1. The van der Waals surface area contributed by atoms with E-state index in [1.807, 2.05) is 0 Å². The standard InChI is InChI=1S/C19H18F6N4O2/c20-18(21,22)10-26-16(30)15-9-14(27-28-15)11-4-6-29(7-5-11)17(31)12-2-1-3-13(8-12)19(23,24)25/h1-3,8-9,11H,4-7,10H2,(H,26,30)(H,27,28). The van der Waals surface area contributed by atoms with Gasteiger partial charge in [-0.3, -0.25) is 14.7 Å². The topological polar surface area (TPSA) is 78.1 Å². The third-order valence-electron chi connectivity index (χ3n) is 4.94. The number of hydrogen-bond acceptors (Lipinski definition) is 3. The molecule has 2 heterocycles. The molecule has 168 valence electrons. The van der Waals surface area contributed by atoms with E-state index in [0.29, 0.717) is 18.5 Å². The molecule has 6 nitrogen and oxygen atoms in total. The molecule has 0 spiro atoms. The first-order chi connectivity index (χ1) is 14.4. The van der Waals surface area contributed by atoms with E-state index in [0.717, 1.165) is 12.1 Å². The minimum Gasteiger partial charge on any atom is -0.342 e. The number of carbonyl (C=O) groups excluding carboxylic acids is 2. The smallest absolute Gasteiger partial charge is 0.342 e. The highest BCUT2D eigenvalue weighted by Gasteiger charge is 2.32. The van der Waals surface area contributed by atoms with Crippen LogP contribution in [0.5, 0.6) is 0 Å². The number of piperidine rings is 1. The Labute approximate surface area is 172 Å². The van der Waals surface area contributed by atoms with Crippen LogP contribution in [0.1, 0.15) is 50.9 Å². The fraction of sp³-hybridized carbons (Fsp3) is 0.421. The first-order valence-electron chi connectivity index (χ1n) is 9.31. The summed E-state index contributed by atoms with van der Waals surface area (Å²) in [5, 5.41) is 8.10. The summed E-state index contributed by atoms with van der Waals surface area (Å²) in [6.07, 6.45) is -8.17. The average molecular weight is 448 g/mol. The maximum atomic E-state index is 12.9. The molecule has 1 saturated heterocycles. The van der Waals surface area contributed by atoms with Gasteiger partial charge in [-0.25, -0.2) is 0 Å². The Morgan fingerprint density at radius 2 is 1.77 bits per heavy atom. The largest absolute Gasteiger partial charge is 0.416 e. The molecule has 1 aliphatic rings. The number of likely N-dealkylation sites (tertiary alicyclic amines) is 1. The molecule has 0 saturated carbocycles. The predicted molar refractivity (Wildman–Crippen MR) is 96.3 cm³/mol. The van der Waals surface area contributed by atoms with Crippen molar-refractivity contribution >= 4 is 11.8 Å². The number of carbonyl (C=O) groups is 2. The van der Waals surface area contributed by atoms with Crippen molar-refractivity contribution in [2.75, 3.05) is 19.6 Å². The maximum Gasteiger partial charge on any atom is 0.416 e. The number of H-pyrrole nitrogens is 1. The van der Waals surface area contributed by atoms with Crippen molar-refractivity contribution in [2.45, 2.75) is 31.1 Å². The van der Waals surface area contributed by atoms with Crippen molar-refractivity contribution in [3.63, 3.8) is 0 Å². The molecule has 0 aliphatic carbocycles. The van der Waals surface area contributed by atoms with Gasteiger partial charge in [0.2, 0.25) is 0 Å². The number of alkyl halides is 6. The zero-order valence-corrected chi connectivity index (χ0v) is 16.0. The fourth-order valence-electron chi connectivity index (χ4n) is 3.34. The van der Waals surface area contributed by atoms with Gasteiger partial charge >= 0.3 is 12.4 Å². The number of hydrogen-bond donors (Lipinski definition) is 2. The average Bonchev–Trinajstić information content (AvgIpc) is 3.21. The van der Waals surface area contributed by atoms with Crippen molar-refractivity contribution in [3.05, 3.63) is 52.8 Å². The second-order valence-electron chi connectivity index (χ2n) is 7.15. The lowest BCUT2D eigenvalue weighted by Gasteiger charge is -2.31. The predicted octanol–water partition coefficient (Wildman–Crippen LogP) is 3.74. The molecule has 0 bridgehead atoms. The molecule has 3 rings (SSSR count). The number of aromatic nitrogens is 2. The summed E-state index contributed by atoms with van der Waals surface area (Å²) in [6.45, 7) is -0.924. The van der Waals surface area contributed by atoms with Crippen LogP contribution in [0, 0.1) is 0 Å². The van der Waals surface area contributed by atoms with Crippen LogP contribution in [0.3, 0.4) is 0 Å².